The molecule has 0 aliphatic heterocycles. The summed E-state index contributed by atoms with van der Waals surface area (Å²) in [6.07, 6.45) is 7.45. The molecule has 0 saturated heterocycles. The maximum Gasteiger partial charge on any atom is 0.254 e. The molecule has 1 aromatic heterocycles. The lowest BCUT2D eigenvalue weighted by atomic mass is 9.93. The summed E-state index contributed by atoms with van der Waals surface area (Å²) in [6.45, 7) is 0. The molecule has 0 bridgehead atoms. The van der Waals surface area contributed by atoms with Crippen LogP contribution in [0.1, 0.15) is 61.7 Å². The fourth-order valence-corrected chi connectivity index (χ4v) is 3.63. The van der Waals surface area contributed by atoms with E-state index in [0.717, 1.165) is 44.9 Å². The summed E-state index contributed by atoms with van der Waals surface area (Å²) in [5, 5.41) is 26.0. The Balaban J connectivity index is 1.71. The van der Waals surface area contributed by atoms with Crippen LogP contribution >= 0.6 is 0 Å². The van der Waals surface area contributed by atoms with Crippen molar-refractivity contribution < 1.29 is 15.0 Å². The highest BCUT2D eigenvalue weighted by Gasteiger charge is 2.24. The van der Waals surface area contributed by atoms with Crippen LogP contribution in [-0.2, 0) is 0 Å². The molecule has 0 radical (unpaired) electrons. The first-order valence-electron chi connectivity index (χ1n) is 9.07. The lowest BCUT2D eigenvalue weighted by Crippen LogP contribution is -2.32. The second-order valence-electron chi connectivity index (χ2n) is 7.13. The van der Waals surface area contributed by atoms with E-state index in [0.29, 0.717) is 18.2 Å². The average molecular weight is 349 g/mol. The molecule has 2 fully saturated rings. The van der Waals surface area contributed by atoms with Gasteiger partial charge in [0, 0.05) is 18.3 Å². The van der Waals surface area contributed by atoms with Crippen LogP contribution in [0.2, 0.25) is 0 Å². The van der Waals surface area contributed by atoms with Crippen molar-refractivity contribution >= 4 is 17.7 Å². The third kappa shape index (κ3) is 4.79. The highest BCUT2D eigenvalue weighted by molar-refractivity contribution is 5.97. The number of hydrogen-bond acceptors (Lipinski definition) is 7. The van der Waals surface area contributed by atoms with E-state index in [-0.39, 0.29) is 29.9 Å². The Hall–Kier alpha value is -1.93. The van der Waals surface area contributed by atoms with Crippen molar-refractivity contribution in [2.45, 2.75) is 75.7 Å². The molecule has 2 aliphatic carbocycles. The monoisotopic (exact) mass is 349 g/mol. The SMILES string of the molecule is NC(=O)c1cnc(NC2CCC(O)CC2)nc1NC1CCC[C@H](O)C1. The fraction of sp³-hybridized carbons (Fsp3) is 0.706. The zero-order valence-corrected chi connectivity index (χ0v) is 14.3. The Morgan fingerprint density at radius 3 is 2.48 bits per heavy atom. The minimum Gasteiger partial charge on any atom is -0.393 e. The van der Waals surface area contributed by atoms with Crippen molar-refractivity contribution in [1.29, 1.82) is 0 Å². The van der Waals surface area contributed by atoms with E-state index in [1.165, 1.54) is 6.20 Å². The Bertz CT molecular complexity index is 604. The minimum absolute atomic E-state index is 0.0643. The van der Waals surface area contributed by atoms with Crippen molar-refractivity contribution in [3.05, 3.63) is 11.8 Å². The third-order valence-electron chi connectivity index (χ3n) is 5.07. The van der Waals surface area contributed by atoms with Crippen molar-refractivity contribution in [2.75, 3.05) is 10.6 Å². The van der Waals surface area contributed by atoms with E-state index in [1.54, 1.807) is 0 Å². The molecule has 25 heavy (non-hydrogen) atoms. The lowest BCUT2D eigenvalue weighted by molar-refractivity contribution is 0.1000. The maximum absolute atomic E-state index is 11.7. The van der Waals surface area contributed by atoms with Crippen LogP contribution in [0.4, 0.5) is 11.8 Å². The largest absolute Gasteiger partial charge is 0.393 e. The number of aromatic nitrogens is 2. The summed E-state index contributed by atoms with van der Waals surface area (Å²) in [7, 11) is 0. The van der Waals surface area contributed by atoms with E-state index in [1.807, 2.05) is 0 Å². The van der Waals surface area contributed by atoms with Crippen LogP contribution in [0.5, 0.6) is 0 Å². The molecule has 1 unspecified atom stereocenters. The number of carbonyl (C=O) groups excluding carboxylic acids is 1. The number of rotatable bonds is 5. The van der Waals surface area contributed by atoms with Crippen LogP contribution in [0.25, 0.3) is 0 Å². The lowest BCUT2D eigenvalue weighted by Gasteiger charge is -2.28. The zero-order valence-electron chi connectivity index (χ0n) is 14.3. The van der Waals surface area contributed by atoms with Gasteiger partial charge in [-0.1, -0.05) is 0 Å². The first-order chi connectivity index (χ1) is 12.0. The minimum atomic E-state index is -0.578. The smallest absolute Gasteiger partial charge is 0.254 e. The number of hydrogen-bond donors (Lipinski definition) is 5. The van der Waals surface area contributed by atoms with Gasteiger partial charge in [-0.25, -0.2) is 4.98 Å². The topological polar surface area (TPSA) is 133 Å². The number of aliphatic hydroxyl groups is 2. The Morgan fingerprint density at radius 1 is 1.04 bits per heavy atom. The zero-order chi connectivity index (χ0) is 17.8. The first kappa shape index (κ1) is 17.9. The van der Waals surface area contributed by atoms with Crippen LogP contribution in [-0.4, -0.2) is 50.4 Å². The molecule has 8 heteroatoms. The molecule has 2 atom stereocenters. The van der Waals surface area contributed by atoms with Gasteiger partial charge in [-0.05, 0) is 51.4 Å². The predicted molar refractivity (Wildman–Crippen MR) is 94.3 cm³/mol. The number of amides is 1. The number of nitrogens with two attached hydrogens (primary N) is 1. The van der Waals surface area contributed by atoms with Gasteiger partial charge >= 0.3 is 0 Å². The van der Waals surface area contributed by atoms with Crippen LogP contribution < -0.4 is 16.4 Å². The third-order valence-corrected chi connectivity index (χ3v) is 5.07. The van der Waals surface area contributed by atoms with Crippen LogP contribution in [0.15, 0.2) is 6.20 Å². The molecule has 0 aromatic carbocycles. The summed E-state index contributed by atoms with van der Waals surface area (Å²) in [5.74, 6) is 0.288. The van der Waals surface area contributed by atoms with E-state index >= 15 is 0 Å². The molecular weight excluding hydrogens is 322 g/mol. The van der Waals surface area contributed by atoms with Crippen molar-refractivity contribution in [3.63, 3.8) is 0 Å². The molecule has 6 N–H and O–H groups in total. The molecule has 2 saturated carbocycles. The van der Waals surface area contributed by atoms with Gasteiger partial charge in [0.1, 0.15) is 5.82 Å². The van der Waals surface area contributed by atoms with Crippen LogP contribution in [0, 0.1) is 0 Å². The van der Waals surface area contributed by atoms with Crippen molar-refractivity contribution in [3.8, 4) is 0 Å². The van der Waals surface area contributed by atoms with Gasteiger partial charge in [0.15, 0.2) is 0 Å². The molecular formula is C17H27N5O3. The molecule has 1 heterocycles. The maximum atomic E-state index is 11.7. The molecule has 1 amide bonds. The first-order valence-corrected chi connectivity index (χ1v) is 9.07. The second-order valence-corrected chi connectivity index (χ2v) is 7.13. The average Bonchev–Trinajstić information content (AvgIpc) is 2.57. The van der Waals surface area contributed by atoms with E-state index in [4.69, 9.17) is 5.73 Å². The number of anilines is 2. The summed E-state index contributed by atoms with van der Waals surface area (Å²) in [5.41, 5.74) is 5.69. The van der Waals surface area contributed by atoms with E-state index < -0.39 is 5.91 Å². The standard InChI is InChI=1S/C17H27N5O3/c18-15(25)14-9-19-17(21-10-4-6-12(23)7-5-10)22-16(14)20-11-2-1-3-13(24)8-11/h9-13,23-24H,1-8H2,(H2,18,25)(H2,19,20,21,22)/t10?,11?,12?,13-/m0/s1. The Labute approximate surface area is 147 Å². The summed E-state index contributed by atoms with van der Waals surface area (Å²) in [4.78, 5) is 20.3. The number of carbonyl (C=O) groups is 1. The van der Waals surface area contributed by atoms with Crippen molar-refractivity contribution in [1.82, 2.24) is 9.97 Å². The van der Waals surface area contributed by atoms with Gasteiger partial charge in [0.05, 0.1) is 17.8 Å². The molecule has 8 nitrogen and oxygen atoms in total. The van der Waals surface area contributed by atoms with Crippen molar-refractivity contribution in [2.24, 2.45) is 5.73 Å². The van der Waals surface area contributed by atoms with Gasteiger partial charge in [-0.3, -0.25) is 4.79 Å². The van der Waals surface area contributed by atoms with E-state index in [2.05, 4.69) is 20.6 Å². The number of primary amides is 1. The fourth-order valence-electron chi connectivity index (χ4n) is 3.63. The van der Waals surface area contributed by atoms with E-state index in [9.17, 15) is 15.0 Å². The molecule has 0 spiro atoms. The summed E-state index contributed by atoms with van der Waals surface area (Å²) < 4.78 is 0. The number of nitrogens with one attached hydrogen (secondary N) is 2. The molecule has 2 aliphatic rings. The highest BCUT2D eigenvalue weighted by atomic mass is 16.3. The van der Waals surface area contributed by atoms with Gasteiger partial charge in [-0.15, -0.1) is 0 Å². The van der Waals surface area contributed by atoms with Gasteiger partial charge in [0.25, 0.3) is 5.91 Å². The van der Waals surface area contributed by atoms with Gasteiger partial charge < -0.3 is 26.6 Å². The number of aliphatic hydroxyl groups excluding tert-OH is 2. The van der Waals surface area contributed by atoms with Gasteiger partial charge in [0.2, 0.25) is 5.95 Å². The normalized spacial score (nSPS) is 29.8. The summed E-state index contributed by atoms with van der Waals surface area (Å²) in [6, 6.07) is 0.279. The molecule has 138 valence electrons. The second kappa shape index (κ2) is 7.97. The molecule has 3 rings (SSSR count). The Morgan fingerprint density at radius 2 is 1.80 bits per heavy atom. The highest BCUT2D eigenvalue weighted by Crippen LogP contribution is 2.25. The molecule has 1 aromatic rings. The van der Waals surface area contributed by atoms with Gasteiger partial charge in [-0.2, -0.15) is 4.98 Å². The number of nitrogens with zero attached hydrogens (tertiary/aromatic N) is 2. The van der Waals surface area contributed by atoms with Crippen LogP contribution in [0.3, 0.4) is 0 Å². The predicted octanol–water partition coefficient (Wildman–Crippen LogP) is 1.01. The quantitative estimate of drug-likeness (QED) is 0.535. The Kier molecular flexibility index (Phi) is 5.70. The summed E-state index contributed by atoms with van der Waals surface area (Å²) >= 11 is 0.